The number of nitrogens with zero attached hydrogens (tertiary/aromatic N) is 1. The molecular weight excluding hydrogens is 216 g/mol. The highest BCUT2D eigenvalue weighted by Gasteiger charge is 2.10. The van der Waals surface area contributed by atoms with Gasteiger partial charge in [-0.05, 0) is 23.8 Å². The summed E-state index contributed by atoms with van der Waals surface area (Å²) in [5, 5.41) is 0. The van der Waals surface area contributed by atoms with Gasteiger partial charge >= 0.3 is 0 Å². The van der Waals surface area contributed by atoms with E-state index < -0.39 is 0 Å². The van der Waals surface area contributed by atoms with E-state index in [4.69, 9.17) is 17.3 Å². The lowest BCUT2D eigenvalue weighted by atomic mass is 10.1. The molecule has 2 aromatic heterocycles. The van der Waals surface area contributed by atoms with E-state index >= 15 is 0 Å². The number of hydrogen-bond acceptors (Lipinski definition) is 3. The van der Waals surface area contributed by atoms with Crippen molar-refractivity contribution in [3.05, 3.63) is 51.4 Å². The Hall–Kier alpha value is -0.900. The van der Waals surface area contributed by atoms with Crippen LogP contribution in [0.15, 0.2) is 36.7 Å². The molecule has 2 N–H and O–H groups in total. The summed E-state index contributed by atoms with van der Waals surface area (Å²) >= 11 is 7.34. The van der Waals surface area contributed by atoms with Crippen LogP contribution >= 0.6 is 22.9 Å². The minimum atomic E-state index is -0.124. The zero-order chi connectivity index (χ0) is 9.97. The molecule has 4 heteroatoms. The molecule has 0 amide bonds. The second kappa shape index (κ2) is 4.09. The summed E-state index contributed by atoms with van der Waals surface area (Å²) in [7, 11) is 0. The third-order valence-electron chi connectivity index (χ3n) is 1.94. The Balaban J connectivity index is 2.29. The number of thiophene rings is 1. The van der Waals surface area contributed by atoms with Crippen LogP contribution in [-0.4, -0.2) is 4.98 Å². The Kier molecular flexibility index (Phi) is 2.82. The topological polar surface area (TPSA) is 38.9 Å². The van der Waals surface area contributed by atoms with Gasteiger partial charge < -0.3 is 5.73 Å². The van der Waals surface area contributed by atoms with Crippen molar-refractivity contribution in [3.63, 3.8) is 0 Å². The van der Waals surface area contributed by atoms with Gasteiger partial charge in [-0.25, -0.2) is 0 Å². The Bertz CT molecular complexity index is 413. The molecule has 14 heavy (non-hydrogen) atoms. The second-order valence-corrected chi connectivity index (χ2v) is 4.65. The first-order valence-corrected chi connectivity index (χ1v) is 5.37. The van der Waals surface area contributed by atoms with E-state index in [9.17, 15) is 0 Å². The van der Waals surface area contributed by atoms with Crippen LogP contribution in [0.2, 0.25) is 4.34 Å². The van der Waals surface area contributed by atoms with Gasteiger partial charge in [-0.15, -0.1) is 11.3 Å². The fraction of sp³-hybridized carbons (Fsp3) is 0.100. The van der Waals surface area contributed by atoms with Crippen LogP contribution in [0.1, 0.15) is 16.5 Å². The van der Waals surface area contributed by atoms with E-state index in [2.05, 4.69) is 4.98 Å². The highest BCUT2D eigenvalue weighted by Crippen LogP contribution is 2.28. The van der Waals surface area contributed by atoms with Crippen LogP contribution in [0.5, 0.6) is 0 Å². The summed E-state index contributed by atoms with van der Waals surface area (Å²) < 4.78 is 0.763. The van der Waals surface area contributed by atoms with Gasteiger partial charge in [0.2, 0.25) is 0 Å². The summed E-state index contributed by atoms with van der Waals surface area (Å²) in [6, 6.07) is 7.53. The van der Waals surface area contributed by atoms with Crippen LogP contribution < -0.4 is 5.73 Å². The van der Waals surface area contributed by atoms with Gasteiger partial charge in [0, 0.05) is 17.3 Å². The molecule has 1 unspecified atom stereocenters. The normalized spacial score (nSPS) is 12.7. The predicted molar refractivity (Wildman–Crippen MR) is 59.6 cm³/mol. The fourth-order valence-electron chi connectivity index (χ4n) is 1.22. The molecule has 0 saturated carbocycles. The Labute approximate surface area is 91.4 Å². The first-order chi connectivity index (χ1) is 6.77. The van der Waals surface area contributed by atoms with Gasteiger partial charge in [0.15, 0.2) is 0 Å². The second-order valence-electron chi connectivity index (χ2n) is 2.91. The van der Waals surface area contributed by atoms with Crippen molar-refractivity contribution in [2.24, 2.45) is 5.73 Å². The quantitative estimate of drug-likeness (QED) is 0.852. The number of hydrogen-bond donors (Lipinski definition) is 1. The Morgan fingerprint density at radius 1 is 1.36 bits per heavy atom. The monoisotopic (exact) mass is 224 g/mol. The van der Waals surface area contributed by atoms with Crippen molar-refractivity contribution in [3.8, 4) is 0 Å². The zero-order valence-corrected chi connectivity index (χ0v) is 8.92. The number of pyridine rings is 1. The van der Waals surface area contributed by atoms with Crippen LogP contribution in [0.4, 0.5) is 0 Å². The van der Waals surface area contributed by atoms with Gasteiger partial charge in [0.05, 0.1) is 10.4 Å². The van der Waals surface area contributed by atoms with E-state index in [0.717, 1.165) is 14.8 Å². The predicted octanol–water partition coefficient (Wildman–Crippen LogP) is 2.84. The SMILES string of the molecule is NC(c1cccnc1)c1ccc(Cl)s1. The smallest absolute Gasteiger partial charge is 0.0931 e. The molecule has 0 aromatic carbocycles. The molecule has 0 aliphatic rings. The zero-order valence-electron chi connectivity index (χ0n) is 7.35. The number of rotatable bonds is 2. The maximum Gasteiger partial charge on any atom is 0.0931 e. The summed E-state index contributed by atoms with van der Waals surface area (Å²) in [5.41, 5.74) is 7.05. The summed E-state index contributed by atoms with van der Waals surface area (Å²) in [6.07, 6.45) is 3.51. The third kappa shape index (κ3) is 1.95. The average molecular weight is 225 g/mol. The van der Waals surface area contributed by atoms with E-state index in [1.54, 1.807) is 12.4 Å². The van der Waals surface area contributed by atoms with Crippen molar-refractivity contribution < 1.29 is 0 Å². The molecule has 0 spiro atoms. The van der Waals surface area contributed by atoms with Crippen molar-refractivity contribution in [1.82, 2.24) is 4.98 Å². The fourth-order valence-corrected chi connectivity index (χ4v) is 2.31. The van der Waals surface area contributed by atoms with Gasteiger partial charge in [-0.3, -0.25) is 4.98 Å². The van der Waals surface area contributed by atoms with Crippen molar-refractivity contribution >= 4 is 22.9 Å². The molecule has 2 rings (SSSR count). The highest BCUT2D eigenvalue weighted by molar-refractivity contribution is 7.16. The maximum atomic E-state index is 6.04. The molecule has 0 radical (unpaired) electrons. The molecule has 72 valence electrons. The highest BCUT2D eigenvalue weighted by atomic mass is 35.5. The largest absolute Gasteiger partial charge is 0.320 e. The van der Waals surface area contributed by atoms with E-state index in [0.29, 0.717) is 0 Å². The minimum Gasteiger partial charge on any atom is -0.320 e. The van der Waals surface area contributed by atoms with Crippen LogP contribution in [0.3, 0.4) is 0 Å². The minimum absolute atomic E-state index is 0.124. The molecule has 2 nitrogen and oxygen atoms in total. The van der Waals surface area contributed by atoms with Crippen molar-refractivity contribution in [2.75, 3.05) is 0 Å². The molecule has 0 fully saturated rings. The average Bonchev–Trinajstić information content (AvgIpc) is 2.65. The summed E-state index contributed by atoms with van der Waals surface area (Å²) in [4.78, 5) is 5.09. The lowest BCUT2D eigenvalue weighted by molar-refractivity contribution is 0.884. The molecule has 0 aliphatic heterocycles. The third-order valence-corrected chi connectivity index (χ3v) is 3.26. The van der Waals surface area contributed by atoms with E-state index in [1.165, 1.54) is 11.3 Å². The molecule has 0 bridgehead atoms. The van der Waals surface area contributed by atoms with Gasteiger partial charge in [-0.2, -0.15) is 0 Å². The first kappa shape index (κ1) is 9.65. The molecule has 2 heterocycles. The van der Waals surface area contributed by atoms with Gasteiger partial charge in [0.25, 0.3) is 0 Å². The Morgan fingerprint density at radius 3 is 2.79 bits per heavy atom. The molecule has 1 atom stereocenters. The maximum absolute atomic E-state index is 6.04. The van der Waals surface area contributed by atoms with Gasteiger partial charge in [0.1, 0.15) is 0 Å². The lowest BCUT2D eigenvalue weighted by Gasteiger charge is -2.08. The summed E-state index contributed by atoms with van der Waals surface area (Å²) in [5.74, 6) is 0. The Morgan fingerprint density at radius 2 is 2.21 bits per heavy atom. The molecule has 0 aliphatic carbocycles. The van der Waals surface area contributed by atoms with Crippen LogP contribution in [-0.2, 0) is 0 Å². The standard InChI is InChI=1S/C10H9ClN2S/c11-9-4-3-8(14-9)10(12)7-2-1-5-13-6-7/h1-6,10H,12H2. The number of halogens is 1. The van der Waals surface area contributed by atoms with Gasteiger partial charge in [-0.1, -0.05) is 17.7 Å². The lowest BCUT2D eigenvalue weighted by Crippen LogP contribution is -2.09. The van der Waals surface area contributed by atoms with Crippen LogP contribution in [0.25, 0.3) is 0 Å². The van der Waals surface area contributed by atoms with E-state index in [-0.39, 0.29) is 6.04 Å². The molecule has 2 aromatic rings. The summed E-state index contributed by atoms with van der Waals surface area (Å²) in [6.45, 7) is 0. The van der Waals surface area contributed by atoms with Crippen LogP contribution in [0, 0.1) is 0 Å². The number of nitrogens with two attached hydrogens (primary N) is 1. The number of aromatic nitrogens is 1. The van der Waals surface area contributed by atoms with E-state index in [1.807, 2.05) is 24.3 Å². The first-order valence-electron chi connectivity index (χ1n) is 4.18. The van der Waals surface area contributed by atoms with Crippen molar-refractivity contribution in [1.29, 1.82) is 0 Å². The molecule has 0 saturated heterocycles. The molecular formula is C10H9ClN2S. The van der Waals surface area contributed by atoms with Crippen molar-refractivity contribution in [2.45, 2.75) is 6.04 Å².